The van der Waals surface area contributed by atoms with Gasteiger partial charge >= 0.3 is 0 Å². The molecule has 7 nitrogen and oxygen atoms in total. The van der Waals surface area contributed by atoms with E-state index in [0.29, 0.717) is 25.4 Å². The number of carbonyl (C=O) groups is 3. The highest BCUT2D eigenvalue weighted by atomic mass is 16.3. The molecular formula is C23H25N3O4. The molecule has 0 radical (unpaired) electrons. The van der Waals surface area contributed by atoms with E-state index in [4.69, 9.17) is 4.42 Å². The van der Waals surface area contributed by atoms with Gasteiger partial charge in [0.2, 0.25) is 17.7 Å². The first kappa shape index (κ1) is 18.9. The quantitative estimate of drug-likeness (QED) is 0.826. The molecule has 1 N–H and O–H groups in total. The van der Waals surface area contributed by atoms with Crippen LogP contribution in [0, 0.1) is 11.8 Å². The van der Waals surface area contributed by atoms with Gasteiger partial charge in [0.25, 0.3) is 0 Å². The molecule has 1 saturated heterocycles. The molecule has 5 rings (SSSR count). The lowest BCUT2D eigenvalue weighted by Crippen LogP contribution is -2.37. The molecule has 3 amide bonds. The summed E-state index contributed by atoms with van der Waals surface area (Å²) in [6, 6.07) is 9.43. The first-order chi connectivity index (χ1) is 14.6. The third-order valence-electron chi connectivity index (χ3n) is 6.50. The summed E-state index contributed by atoms with van der Waals surface area (Å²) in [6.07, 6.45) is 5.70. The van der Waals surface area contributed by atoms with Crippen molar-refractivity contribution in [3.63, 3.8) is 0 Å². The number of rotatable bonds is 5. The maximum absolute atomic E-state index is 12.7. The van der Waals surface area contributed by atoms with Gasteiger partial charge in [-0.15, -0.1) is 0 Å². The summed E-state index contributed by atoms with van der Waals surface area (Å²) in [5, 5.41) is 2.85. The molecule has 1 aliphatic carbocycles. The summed E-state index contributed by atoms with van der Waals surface area (Å²) >= 11 is 0. The highest BCUT2D eigenvalue weighted by Gasteiger charge is 2.37. The predicted octanol–water partition coefficient (Wildman–Crippen LogP) is 2.64. The van der Waals surface area contributed by atoms with Crippen molar-refractivity contribution in [1.82, 2.24) is 5.32 Å². The largest absolute Gasteiger partial charge is 0.467 e. The van der Waals surface area contributed by atoms with Crippen LogP contribution in [-0.4, -0.2) is 30.8 Å². The van der Waals surface area contributed by atoms with E-state index >= 15 is 0 Å². The smallest absolute Gasteiger partial charge is 0.230 e. The van der Waals surface area contributed by atoms with Gasteiger partial charge in [0.1, 0.15) is 5.76 Å². The summed E-state index contributed by atoms with van der Waals surface area (Å²) in [7, 11) is 0. The van der Waals surface area contributed by atoms with E-state index in [1.165, 1.54) is 0 Å². The lowest BCUT2D eigenvalue weighted by atomic mass is 9.84. The van der Waals surface area contributed by atoms with Crippen molar-refractivity contribution in [2.45, 2.75) is 38.6 Å². The molecule has 3 heterocycles. The van der Waals surface area contributed by atoms with Gasteiger partial charge in [0, 0.05) is 36.8 Å². The summed E-state index contributed by atoms with van der Waals surface area (Å²) in [6.45, 7) is 1.40. The van der Waals surface area contributed by atoms with Crippen LogP contribution in [0.25, 0.3) is 0 Å². The number of nitrogens with one attached hydrogen (secondary N) is 1. The van der Waals surface area contributed by atoms with Crippen LogP contribution in [0.15, 0.2) is 41.0 Å². The SMILES string of the molecule is O=C(NCc1ccco1)[C@@H]1CC(=O)N(c2ccc3c(c2)CCN3C(=O)C2CCC2)C1. The molecule has 0 spiro atoms. The average Bonchev–Trinajstić information content (AvgIpc) is 3.43. The van der Waals surface area contributed by atoms with E-state index in [9.17, 15) is 14.4 Å². The molecule has 7 heteroatoms. The Balaban J connectivity index is 1.25. The second-order valence-electron chi connectivity index (χ2n) is 8.38. The van der Waals surface area contributed by atoms with E-state index in [1.807, 2.05) is 23.1 Å². The Labute approximate surface area is 175 Å². The average molecular weight is 407 g/mol. The van der Waals surface area contributed by atoms with Crippen molar-refractivity contribution in [2.75, 3.05) is 22.9 Å². The van der Waals surface area contributed by atoms with Crippen LogP contribution in [0.1, 0.15) is 37.0 Å². The van der Waals surface area contributed by atoms with Crippen molar-refractivity contribution in [2.24, 2.45) is 11.8 Å². The molecule has 1 saturated carbocycles. The third-order valence-corrected chi connectivity index (χ3v) is 6.50. The van der Waals surface area contributed by atoms with Gasteiger partial charge in [-0.25, -0.2) is 0 Å². The van der Waals surface area contributed by atoms with E-state index in [-0.39, 0.29) is 36.0 Å². The number of hydrogen-bond acceptors (Lipinski definition) is 4. The topological polar surface area (TPSA) is 82.9 Å². The van der Waals surface area contributed by atoms with Crippen molar-refractivity contribution in [1.29, 1.82) is 0 Å². The molecule has 2 fully saturated rings. The zero-order chi connectivity index (χ0) is 20.7. The molecule has 0 bridgehead atoms. The number of nitrogens with zero attached hydrogens (tertiary/aromatic N) is 2. The summed E-state index contributed by atoms with van der Waals surface area (Å²) < 4.78 is 5.23. The Morgan fingerprint density at radius 1 is 1.17 bits per heavy atom. The Kier molecular flexibility index (Phi) is 4.81. The molecule has 3 aliphatic rings. The molecule has 156 valence electrons. The molecule has 1 aromatic heterocycles. The summed E-state index contributed by atoms with van der Waals surface area (Å²) in [5.74, 6) is 0.533. The second-order valence-corrected chi connectivity index (χ2v) is 8.38. The number of anilines is 2. The number of fused-ring (bicyclic) bond motifs is 1. The van der Waals surface area contributed by atoms with E-state index in [0.717, 1.165) is 42.6 Å². The van der Waals surface area contributed by atoms with Crippen molar-refractivity contribution in [3.05, 3.63) is 47.9 Å². The Morgan fingerprint density at radius 3 is 2.77 bits per heavy atom. The fourth-order valence-electron chi connectivity index (χ4n) is 4.53. The number of carbonyl (C=O) groups excluding carboxylic acids is 3. The summed E-state index contributed by atoms with van der Waals surface area (Å²) in [4.78, 5) is 41.3. The maximum Gasteiger partial charge on any atom is 0.230 e. The second kappa shape index (κ2) is 7.63. The zero-order valence-corrected chi connectivity index (χ0v) is 16.8. The molecule has 1 aromatic carbocycles. The number of furan rings is 1. The third kappa shape index (κ3) is 3.38. The molecule has 1 atom stereocenters. The standard InChI is InChI=1S/C23H25N3O4/c27-21-12-17(22(28)24-13-19-5-2-10-30-19)14-26(21)18-6-7-20-16(11-18)8-9-25(20)23(29)15-3-1-4-15/h2,5-7,10-11,15,17H,1,3-4,8-9,12-14H2,(H,24,28)/t17-/m1/s1. The lowest BCUT2D eigenvalue weighted by Gasteiger charge is -2.29. The fraction of sp³-hybridized carbons (Fsp3) is 0.435. The normalized spacial score (nSPS) is 20.9. The lowest BCUT2D eigenvalue weighted by molar-refractivity contribution is -0.126. The van der Waals surface area contributed by atoms with Crippen LogP contribution >= 0.6 is 0 Å². The van der Waals surface area contributed by atoms with Gasteiger partial charge in [-0.1, -0.05) is 6.42 Å². The summed E-state index contributed by atoms with van der Waals surface area (Å²) in [5.41, 5.74) is 2.87. The molecular weight excluding hydrogens is 382 g/mol. The first-order valence-electron chi connectivity index (χ1n) is 10.6. The Hall–Kier alpha value is -3.09. The van der Waals surface area contributed by atoms with Gasteiger partial charge in [0.15, 0.2) is 0 Å². The molecule has 0 unspecified atom stereocenters. The minimum atomic E-state index is -0.377. The van der Waals surface area contributed by atoms with Crippen molar-refractivity contribution >= 4 is 29.1 Å². The minimum absolute atomic E-state index is 0.0477. The fourth-order valence-corrected chi connectivity index (χ4v) is 4.53. The Morgan fingerprint density at radius 2 is 2.03 bits per heavy atom. The number of amides is 3. The van der Waals surface area contributed by atoms with Crippen molar-refractivity contribution < 1.29 is 18.8 Å². The predicted molar refractivity (Wildman–Crippen MR) is 111 cm³/mol. The molecule has 30 heavy (non-hydrogen) atoms. The van der Waals surface area contributed by atoms with Crippen LogP contribution in [0.2, 0.25) is 0 Å². The van der Waals surface area contributed by atoms with Gasteiger partial charge in [0.05, 0.1) is 18.7 Å². The zero-order valence-electron chi connectivity index (χ0n) is 16.8. The van der Waals surface area contributed by atoms with E-state index in [1.54, 1.807) is 23.3 Å². The van der Waals surface area contributed by atoms with E-state index in [2.05, 4.69) is 5.32 Å². The van der Waals surface area contributed by atoms with Crippen LogP contribution in [0.5, 0.6) is 0 Å². The molecule has 2 aliphatic heterocycles. The van der Waals surface area contributed by atoms with E-state index < -0.39 is 0 Å². The van der Waals surface area contributed by atoms with Gasteiger partial charge < -0.3 is 19.5 Å². The van der Waals surface area contributed by atoms with Gasteiger partial charge in [-0.05, 0) is 55.2 Å². The first-order valence-corrected chi connectivity index (χ1v) is 10.6. The van der Waals surface area contributed by atoms with Crippen LogP contribution in [-0.2, 0) is 27.3 Å². The molecule has 2 aromatic rings. The number of hydrogen-bond donors (Lipinski definition) is 1. The minimum Gasteiger partial charge on any atom is -0.467 e. The number of benzene rings is 1. The van der Waals surface area contributed by atoms with Crippen LogP contribution in [0.3, 0.4) is 0 Å². The monoisotopic (exact) mass is 407 g/mol. The van der Waals surface area contributed by atoms with Gasteiger partial charge in [-0.3, -0.25) is 14.4 Å². The van der Waals surface area contributed by atoms with Crippen molar-refractivity contribution in [3.8, 4) is 0 Å². The highest BCUT2D eigenvalue weighted by molar-refractivity contribution is 6.01. The van der Waals surface area contributed by atoms with Crippen LogP contribution in [0.4, 0.5) is 11.4 Å². The highest BCUT2D eigenvalue weighted by Crippen LogP contribution is 2.37. The Bertz CT molecular complexity index is 980. The van der Waals surface area contributed by atoms with Gasteiger partial charge in [-0.2, -0.15) is 0 Å². The maximum atomic E-state index is 12.7. The van der Waals surface area contributed by atoms with Crippen LogP contribution < -0.4 is 15.1 Å².